The predicted molar refractivity (Wildman–Crippen MR) is 73.2 cm³/mol. The third-order valence-electron chi connectivity index (χ3n) is 2.06. The summed E-state index contributed by atoms with van der Waals surface area (Å²) >= 11 is 5.95. The van der Waals surface area contributed by atoms with Crippen LogP contribution < -0.4 is 5.32 Å². The Morgan fingerprint density at radius 3 is 2.59 bits per heavy atom. The lowest BCUT2D eigenvalue weighted by Crippen LogP contribution is -2.18. The number of nitrogens with one attached hydrogen (secondary N) is 1. The average molecular weight is 276 g/mol. The number of aromatic nitrogens is 2. The molecule has 1 atom stereocenters. The van der Waals surface area contributed by atoms with Gasteiger partial charge in [0.1, 0.15) is 16.8 Å². The Kier molecular flexibility index (Phi) is 4.89. The van der Waals surface area contributed by atoms with E-state index < -0.39 is 10.8 Å². The molecule has 0 aliphatic rings. The van der Waals surface area contributed by atoms with Gasteiger partial charge in [0.25, 0.3) is 0 Å². The monoisotopic (exact) mass is 275 g/mol. The van der Waals surface area contributed by atoms with E-state index in [9.17, 15) is 4.21 Å². The number of halogens is 1. The van der Waals surface area contributed by atoms with Crippen LogP contribution in [-0.4, -0.2) is 32.7 Å². The molecule has 0 saturated carbocycles. The summed E-state index contributed by atoms with van der Waals surface area (Å²) < 4.78 is 10.9. The van der Waals surface area contributed by atoms with Crippen LogP contribution in [0.4, 0.5) is 5.82 Å². The Morgan fingerprint density at radius 1 is 1.41 bits per heavy atom. The molecule has 1 unspecified atom stereocenters. The highest BCUT2D eigenvalue weighted by molar-refractivity contribution is 7.84. The van der Waals surface area contributed by atoms with Crippen molar-refractivity contribution in [3.05, 3.63) is 17.0 Å². The number of anilines is 1. The maximum Gasteiger partial charge on any atom is 0.137 e. The van der Waals surface area contributed by atoms with E-state index >= 15 is 0 Å². The van der Waals surface area contributed by atoms with Crippen molar-refractivity contribution in [2.24, 2.45) is 0 Å². The van der Waals surface area contributed by atoms with E-state index in [1.165, 1.54) is 0 Å². The molecule has 1 N–H and O–H groups in total. The SMILES string of the molecule is CS(=O)CCNc1cc(Cl)nc(C(C)(C)C)n1. The molecule has 17 heavy (non-hydrogen) atoms. The highest BCUT2D eigenvalue weighted by atomic mass is 35.5. The molecule has 0 saturated heterocycles. The Labute approximate surface area is 110 Å². The van der Waals surface area contributed by atoms with Crippen LogP contribution in [0.2, 0.25) is 5.15 Å². The first-order valence-corrected chi connectivity index (χ1v) is 7.48. The highest BCUT2D eigenvalue weighted by Gasteiger charge is 2.18. The summed E-state index contributed by atoms with van der Waals surface area (Å²) in [6, 6.07) is 1.68. The van der Waals surface area contributed by atoms with E-state index in [0.29, 0.717) is 29.1 Å². The molecule has 6 heteroatoms. The van der Waals surface area contributed by atoms with Gasteiger partial charge in [0.15, 0.2) is 0 Å². The van der Waals surface area contributed by atoms with Crippen molar-refractivity contribution >= 4 is 28.2 Å². The van der Waals surface area contributed by atoms with Crippen molar-refractivity contribution in [1.82, 2.24) is 9.97 Å². The molecule has 96 valence electrons. The van der Waals surface area contributed by atoms with E-state index in [2.05, 4.69) is 15.3 Å². The van der Waals surface area contributed by atoms with Gasteiger partial charge >= 0.3 is 0 Å². The molecule has 0 spiro atoms. The van der Waals surface area contributed by atoms with Crippen molar-refractivity contribution in [2.45, 2.75) is 26.2 Å². The summed E-state index contributed by atoms with van der Waals surface area (Å²) in [5.74, 6) is 1.97. The van der Waals surface area contributed by atoms with Crippen LogP contribution >= 0.6 is 11.6 Å². The summed E-state index contributed by atoms with van der Waals surface area (Å²) in [6.45, 7) is 6.71. The van der Waals surface area contributed by atoms with Crippen LogP contribution in [0.25, 0.3) is 0 Å². The lowest BCUT2D eigenvalue weighted by atomic mass is 9.96. The van der Waals surface area contributed by atoms with Crippen LogP contribution in [0.3, 0.4) is 0 Å². The quantitative estimate of drug-likeness (QED) is 0.856. The van der Waals surface area contributed by atoms with Crippen molar-refractivity contribution < 1.29 is 4.21 Å². The summed E-state index contributed by atoms with van der Waals surface area (Å²) in [6.07, 6.45) is 1.68. The maximum absolute atomic E-state index is 10.9. The van der Waals surface area contributed by atoms with Gasteiger partial charge in [-0.1, -0.05) is 32.4 Å². The Bertz CT molecular complexity index is 418. The van der Waals surface area contributed by atoms with E-state index in [1.54, 1.807) is 12.3 Å². The van der Waals surface area contributed by atoms with Gasteiger partial charge < -0.3 is 5.32 Å². The van der Waals surface area contributed by atoms with Gasteiger partial charge in [-0.3, -0.25) is 4.21 Å². The van der Waals surface area contributed by atoms with E-state index in [0.717, 1.165) is 0 Å². The number of hydrogen-bond acceptors (Lipinski definition) is 4. The van der Waals surface area contributed by atoms with Gasteiger partial charge in [-0.05, 0) is 0 Å². The van der Waals surface area contributed by atoms with Gasteiger partial charge in [0.05, 0.1) is 0 Å². The fourth-order valence-electron chi connectivity index (χ4n) is 1.17. The standard InChI is InChI=1S/C11H18ClN3OS/c1-11(2,3)10-14-8(12)7-9(15-10)13-5-6-17(4)16/h7H,5-6H2,1-4H3,(H,13,14,15). The minimum absolute atomic E-state index is 0.144. The molecule has 0 aliphatic carbocycles. The molecule has 0 radical (unpaired) electrons. The van der Waals surface area contributed by atoms with Crippen molar-refractivity contribution in [2.75, 3.05) is 23.9 Å². The summed E-state index contributed by atoms with van der Waals surface area (Å²) in [7, 11) is -0.806. The summed E-state index contributed by atoms with van der Waals surface area (Å²) in [5.41, 5.74) is -0.144. The Balaban J connectivity index is 2.79. The third kappa shape index (κ3) is 5.00. The maximum atomic E-state index is 10.9. The summed E-state index contributed by atoms with van der Waals surface area (Å²) in [4.78, 5) is 8.60. The van der Waals surface area contributed by atoms with Crippen LogP contribution in [0, 0.1) is 0 Å². The third-order valence-corrected chi connectivity index (χ3v) is 3.03. The van der Waals surface area contributed by atoms with Crippen LogP contribution in [-0.2, 0) is 16.2 Å². The zero-order chi connectivity index (χ0) is 13.1. The molecule has 1 rings (SSSR count). The number of rotatable bonds is 4. The van der Waals surface area contributed by atoms with Crippen LogP contribution in [0.5, 0.6) is 0 Å². The molecule has 0 aliphatic heterocycles. The largest absolute Gasteiger partial charge is 0.369 e. The molecule has 0 aromatic carbocycles. The average Bonchev–Trinajstić information content (AvgIpc) is 2.14. The first-order valence-electron chi connectivity index (χ1n) is 5.38. The lowest BCUT2D eigenvalue weighted by Gasteiger charge is -2.17. The first-order chi connectivity index (χ1) is 7.79. The van der Waals surface area contributed by atoms with E-state index in [-0.39, 0.29) is 5.41 Å². The van der Waals surface area contributed by atoms with Crippen LogP contribution in [0.1, 0.15) is 26.6 Å². The zero-order valence-corrected chi connectivity index (χ0v) is 12.2. The Hall–Kier alpha value is -0.680. The van der Waals surface area contributed by atoms with Crippen LogP contribution in [0.15, 0.2) is 6.07 Å². The molecular formula is C11H18ClN3OS. The fourth-order valence-corrected chi connectivity index (χ4v) is 1.74. The van der Waals surface area contributed by atoms with Gasteiger partial charge in [0, 0.05) is 40.8 Å². The molecule has 0 bridgehead atoms. The molecule has 1 aromatic rings. The minimum atomic E-state index is -0.806. The van der Waals surface area contributed by atoms with Gasteiger partial charge in [0.2, 0.25) is 0 Å². The van der Waals surface area contributed by atoms with Crippen molar-refractivity contribution in [3.63, 3.8) is 0 Å². The number of hydrogen-bond donors (Lipinski definition) is 1. The molecule has 4 nitrogen and oxygen atoms in total. The predicted octanol–water partition coefficient (Wildman–Crippen LogP) is 2.22. The molecule has 0 amide bonds. The van der Waals surface area contributed by atoms with Gasteiger partial charge in [-0.15, -0.1) is 0 Å². The molecule has 1 aromatic heterocycles. The molecule has 0 fully saturated rings. The molecular weight excluding hydrogens is 258 g/mol. The van der Waals surface area contributed by atoms with Gasteiger partial charge in [-0.2, -0.15) is 0 Å². The zero-order valence-electron chi connectivity index (χ0n) is 10.6. The fraction of sp³-hybridized carbons (Fsp3) is 0.636. The second-order valence-corrected chi connectivity index (χ2v) is 6.80. The minimum Gasteiger partial charge on any atom is -0.369 e. The summed E-state index contributed by atoms with van der Waals surface area (Å²) in [5, 5.41) is 3.52. The first kappa shape index (κ1) is 14.4. The van der Waals surface area contributed by atoms with Crippen molar-refractivity contribution in [3.8, 4) is 0 Å². The van der Waals surface area contributed by atoms with E-state index in [4.69, 9.17) is 11.6 Å². The second kappa shape index (κ2) is 5.78. The number of nitrogens with zero attached hydrogens (tertiary/aromatic N) is 2. The topological polar surface area (TPSA) is 54.9 Å². The van der Waals surface area contributed by atoms with Gasteiger partial charge in [-0.25, -0.2) is 9.97 Å². The van der Waals surface area contributed by atoms with Crippen molar-refractivity contribution in [1.29, 1.82) is 0 Å². The second-order valence-electron chi connectivity index (χ2n) is 4.85. The highest BCUT2D eigenvalue weighted by Crippen LogP contribution is 2.21. The van der Waals surface area contributed by atoms with E-state index in [1.807, 2.05) is 20.8 Å². The lowest BCUT2D eigenvalue weighted by molar-refractivity contribution is 0.546. The molecule has 1 heterocycles. The Morgan fingerprint density at radius 2 is 2.06 bits per heavy atom. The normalized spacial score (nSPS) is 13.5. The smallest absolute Gasteiger partial charge is 0.137 e.